The Morgan fingerprint density at radius 3 is 2.69 bits per heavy atom. The summed E-state index contributed by atoms with van der Waals surface area (Å²) in [6, 6.07) is 0. The SMILES string of the molecule is CCCSCC1=NC(C)(C)C(=O)N1. The van der Waals surface area contributed by atoms with E-state index in [0.29, 0.717) is 0 Å². The van der Waals surface area contributed by atoms with Gasteiger partial charge in [-0.05, 0) is 26.0 Å². The second-order valence-corrected chi connectivity index (χ2v) is 4.73. The van der Waals surface area contributed by atoms with Gasteiger partial charge >= 0.3 is 0 Å². The predicted octanol–water partition coefficient (Wildman–Crippen LogP) is 1.44. The highest BCUT2D eigenvalue weighted by Crippen LogP contribution is 2.16. The van der Waals surface area contributed by atoms with Gasteiger partial charge in [0, 0.05) is 0 Å². The standard InChI is InChI=1S/C9H16N2OS/c1-4-5-13-6-7-10-8(12)9(2,3)11-7/h4-6H2,1-3H3,(H,10,11,12). The largest absolute Gasteiger partial charge is 0.312 e. The van der Waals surface area contributed by atoms with E-state index in [4.69, 9.17) is 0 Å². The highest BCUT2D eigenvalue weighted by atomic mass is 32.2. The molecule has 0 atom stereocenters. The van der Waals surface area contributed by atoms with Crippen molar-refractivity contribution in [3.63, 3.8) is 0 Å². The molecule has 0 saturated carbocycles. The third kappa shape index (κ3) is 2.72. The zero-order valence-corrected chi connectivity index (χ0v) is 9.20. The van der Waals surface area contributed by atoms with E-state index >= 15 is 0 Å². The minimum atomic E-state index is -0.553. The van der Waals surface area contributed by atoms with Crippen molar-refractivity contribution >= 4 is 23.5 Å². The van der Waals surface area contributed by atoms with Gasteiger partial charge in [-0.1, -0.05) is 6.92 Å². The molecule has 0 aliphatic carbocycles. The van der Waals surface area contributed by atoms with Crippen LogP contribution in [0.5, 0.6) is 0 Å². The van der Waals surface area contributed by atoms with Crippen LogP contribution in [0.4, 0.5) is 0 Å². The van der Waals surface area contributed by atoms with E-state index in [0.717, 1.165) is 23.8 Å². The molecular formula is C9H16N2OS. The molecule has 1 aliphatic rings. The molecule has 1 rings (SSSR count). The second-order valence-electron chi connectivity index (χ2n) is 3.62. The average Bonchev–Trinajstić information content (AvgIpc) is 2.27. The highest BCUT2D eigenvalue weighted by molar-refractivity contribution is 7.99. The van der Waals surface area contributed by atoms with E-state index < -0.39 is 5.54 Å². The van der Waals surface area contributed by atoms with Crippen molar-refractivity contribution in [3.8, 4) is 0 Å². The third-order valence-corrected chi connectivity index (χ3v) is 2.99. The van der Waals surface area contributed by atoms with Gasteiger partial charge < -0.3 is 5.32 Å². The highest BCUT2D eigenvalue weighted by Gasteiger charge is 2.33. The van der Waals surface area contributed by atoms with Crippen molar-refractivity contribution in [2.45, 2.75) is 32.7 Å². The van der Waals surface area contributed by atoms with Crippen molar-refractivity contribution in [2.24, 2.45) is 4.99 Å². The summed E-state index contributed by atoms with van der Waals surface area (Å²) >= 11 is 1.81. The Balaban J connectivity index is 2.41. The smallest absolute Gasteiger partial charge is 0.252 e. The Bertz CT molecular complexity index is 236. The monoisotopic (exact) mass is 200 g/mol. The Morgan fingerprint density at radius 2 is 2.23 bits per heavy atom. The first-order valence-corrected chi connectivity index (χ1v) is 5.69. The number of aliphatic imine (C=N–C) groups is 1. The minimum Gasteiger partial charge on any atom is -0.312 e. The normalized spacial score (nSPS) is 19.9. The van der Waals surface area contributed by atoms with Gasteiger partial charge in [0.25, 0.3) is 5.91 Å². The van der Waals surface area contributed by atoms with Gasteiger partial charge in [-0.25, -0.2) is 0 Å². The maximum atomic E-state index is 11.3. The number of amides is 1. The zero-order valence-electron chi connectivity index (χ0n) is 8.39. The molecule has 0 bridgehead atoms. The molecule has 4 heteroatoms. The van der Waals surface area contributed by atoms with Crippen molar-refractivity contribution < 1.29 is 4.79 Å². The minimum absolute atomic E-state index is 0.0135. The van der Waals surface area contributed by atoms with Crippen LogP contribution in [0.15, 0.2) is 4.99 Å². The van der Waals surface area contributed by atoms with E-state index in [-0.39, 0.29) is 5.91 Å². The first-order chi connectivity index (χ1) is 6.06. The molecule has 0 unspecified atom stereocenters. The number of hydrogen-bond acceptors (Lipinski definition) is 3. The van der Waals surface area contributed by atoms with Crippen molar-refractivity contribution in [2.75, 3.05) is 11.5 Å². The Hall–Kier alpha value is -0.510. The maximum Gasteiger partial charge on any atom is 0.252 e. The molecule has 0 aromatic carbocycles. The number of hydrogen-bond donors (Lipinski definition) is 1. The lowest BCUT2D eigenvalue weighted by Crippen LogP contribution is -2.34. The number of thioether (sulfide) groups is 1. The second kappa shape index (κ2) is 4.13. The number of rotatable bonds is 4. The fourth-order valence-electron chi connectivity index (χ4n) is 1.08. The Morgan fingerprint density at radius 1 is 1.54 bits per heavy atom. The lowest BCUT2D eigenvalue weighted by molar-refractivity contribution is -0.122. The number of carbonyl (C=O) groups is 1. The lowest BCUT2D eigenvalue weighted by Gasteiger charge is -2.07. The van der Waals surface area contributed by atoms with E-state index in [1.807, 2.05) is 25.6 Å². The van der Waals surface area contributed by atoms with Gasteiger partial charge in [-0.2, -0.15) is 11.8 Å². The van der Waals surface area contributed by atoms with Crippen LogP contribution in [0, 0.1) is 0 Å². The van der Waals surface area contributed by atoms with Crippen LogP contribution in [-0.2, 0) is 4.79 Å². The maximum absolute atomic E-state index is 11.3. The van der Waals surface area contributed by atoms with Gasteiger partial charge in [-0.15, -0.1) is 0 Å². The van der Waals surface area contributed by atoms with Crippen LogP contribution in [-0.4, -0.2) is 28.8 Å². The fraction of sp³-hybridized carbons (Fsp3) is 0.778. The molecule has 0 saturated heterocycles. The number of nitrogens with one attached hydrogen (secondary N) is 1. The Kier molecular flexibility index (Phi) is 3.36. The van der Waals surface area contributed by atoms with Crippen molar-refractivity contribution in [1.29, 1.82) is 0 Å². The molecule has 0 radical (unpaired) electrons. The molecule has 3 nitrogen and oxygen atoms in total. The molecule has 1 N–H and O–H groups in total. The lowest BCUT2D eigenvalue weighted by atomic mass is 10.1. The summed E-state index contributed by atoms with van der Waals surface area (Å²) in [6.07, 6.45) is 1.16. The molecule has 1 heterocycles. The summed E-state index contributed by atoms with van der Waals surface area (Å²) in [5.74, 6) is 2.78. The molecule has 0 spiro atoms. The first-order valence-electron chi connectivity index (χ1n) is 4.54. The number of amidine groups is 1. The topological polar surface area (TPSA) is 41.5 Å². The van der Waals surface area contributed by atoms with Gasteiger partial charge in [0.2, 0.25) is 0 Å². The van der Waals surface area contributed by atoms with Gasteiger partial charge in [0.05, 0.1) is 5.75 Å². The van der Waals surface area contributed by atoms with E-state index in [9.17, 15) is 4.79 Å². The van der Waals surface area contributed by atoms with Crippen LogP contribution in [0.25, 0.3) is 0 Å². The summed E-state index contributed by atoms with van der Waals surface area (Å²) in [5, 5.41) is 2.79. The predicted molar refractivity (Wildman–Crippen MR) is 57.3 cm³/mol. The molecule has 1 amide bonds. The van der Waals surface area contributed by atoms with E-state index in [1.165, 1.54) is 0 Å². The van der Waals surface area contributed by atoms with E-state index in [2.05, 4.69) is 17.2 Å². The van der Waals surface area contributed by atoms with Crippen LogP contribution in [0.3, 0.4) is 0 Å². The van der Waals surface area contributed by atoms with Crippen LogP contribution in [0.2, 0.25) is 0 Å². The summed E-state index contributed by atoms with van der Waals surface area (Å²) in [6.45, 7) is 5.81. The molecule has 0 aromatic heterocycles. The van der Waals surface area contributed by atoms with E-state index in [1.54, 1.807) is 0 Å². The van der Waals surface area contributed by atoms with Gasteiger partial charge in [-0.3, -0.25) is 9.79 Å². The molecular weight excluding hydrogens is 184 g/mol. The molecule has 0 fully saturated rings. The van der Waals surface area contributed by atoms with Crippen molar-refractivity contribution in [1.82, 2.24) is 5.32 Å². The quantitative estimate of drug-likeness (QED) is 0.698. The average molecular weight is 200 g/mol. The van der Waals surface area contributed by atoms with Crippen LogP contribution in [0.1, 0.15) is 27.2 Å². The molecule has 0 aromatic rings. The molecule has 13 heavy (non-hydrogen) atoms. The van der Waals surface area contributed by atoms with Gasteiger partial charge in [0.15, 0.2) is 0 Å². The number of nitrogens with zero attached hydrogens (tertiary/aromatic N) is 1. The van der Waals surface area contributed by atoms with Crippen LogP contribution < -0.4 is 5.32 Å². The number of carbonyl (C=O) groups excluding carboxylic acids is 1. The summed E-state index contributed by atoms with van der Waals surface area (Å²) in [5.41, 5.74) is -0.553. The molecule has 1 aliphatic heterocycles. The van der Waals surface area contributed by atoms with Crippen molar-refractivity contribution in [3.05, 3.63) is 0 Å². The Labute approximate surface area is 83.4 Å². The summed E-state index contributed by atoms with van der Waals surface area (Å²) < 4.78 is 0. The first kappa shape index (κ1) is 10.6. The fourth-order valence-corrected chi connectivity index (χ4v) is 1.84. The zero-order chi connectivity index (χ0) is 9.90. The summed E-state index contributed by atoms with van der Waals surface area (Å²) in [4.78, 5) is 15.6. The molecule has 74 valence electrons. The van der Waals surface area contributed by atoms with Crippen LogP contribution >= 0.6 is 11.8 Å². The summed E-state index contributed by atoms with van der Waals surface area (Å²) in [7, 11) is 0. The third-order valence-electron chi connectivity index (χ3n) is 1.82. The van der Waals surface area contributed by atoms with Gasteiger partial charge in [0.1, 0.15) is 11.4 Å².